The lowest BCUT2D eigenvalue weighted by Gasteiger charge is -2.08. The first-order valence-corrected chi connectivity index (χ1v) is 5.32. The van der Waals surface area contributed by atoms with Gasteiger partial charge in [-0.1, -0.05) is 29.8 Å². The lowest BCUT2D eigenvalue weighted by Crippen LogP contribution is -1.86. The van der Waals surface area contributed by atoms with Crippen LogP contribution in [0.5, 0.6) is 0 Å². The van der Waals surface area contributed by atoms with Gasteiger partial charge in [-0.15, -0.1) is 0 Å². The monoisotopic (exact) mass is 224 g/mol. The number of nitrogens with zero attached hydrogens (tertiary/aromatic N) is 2. The highest BCUT2D eigenvalue weighted by Gasteiger charge is 2.08. The Hall–Kier alpha value is -2.25. The summed E-state index contributed by atoms with van der Waals surface area (Å²) in [5, 5.41) is 0. The third-order valence-corrected chi connectivity index (χ3v) is 2.62. The topological polar surface area (TPSA) is 42.3 Å². The maximum atomic E-state index is 10.4. The predicted molar refractivity (Wildman–Crippen MR) is 66.9 cm³/mol. The maximum absolute atomic E-state index is 10.4. The molecule has 0 aliphatic carbocycles. The van der Waals surface area contributed by atoms with Gasteiger partial charge < -0.3 is 0 Å². The molecule has 0 fully saturated rings. The standard InChI is InChI=1S/C14H12N2O/c1-10-3-5-12(6-4-10)14-11(2)7-15-8-13(14)16-9-17/h3-8H,1-2H3. The molecule has 2 aromatic rings. The minimum absolute atomic E-state index is 0.559. The Morgan fingerprint density at radius 1 is 1.12 bits per heavy atom. The minimum Gasteiger partial charge on any atom is -0.262 e. The largest absolute Gasteiger partial charge is 0.262 e. The Bertz CT molecular complexity index is 582. The van der Waals surface area contributed by atoms with Crippen LogP contribution in [-0.2, 0) is 4.79 Å². The van der Waals surface area contributed by atoms with Crippen molar-refractivity contribution in [2.24, 2.45) is 4.99 Å². The number of rotatable bonds is 2. The van der Waals surface area contributed by atoms with E-state index in [0.29, 0.717) is 5.69 Å². The third kappa shape index (κ3) is 2.30. The highest BCUT2D eigenvalue weighted by Crippen LogP contribution is 2.32. The first kappa shape index (κ1) is 11.2. The van der Waals surface area contributed by atoms with E-state index in [-0.39, 0.29) is 0 Å². The summed E-state index contributed by atoms with van der Waals surface area (Å²) in [6, 6.07) is 8.09. The second-order valence-corrected chi connectivity index (χ2v) is 3.92. The molecule has 2 rings (SSSR count). The summed E-state index contributed by atoms with van der Waals surface area (Å²) in [6.45, 7) is 3.99. The summed E-state index contributed by atoms with van der Waals surface area (Å²) in [5.41, 5.74) is 4.71. The van der Waals surface area contributed by atoms with Gasteiger partial charge in [0.15, 0.2) is 0 Å². The number of carbonyl (C=O) groups excluding carboxylic acids is 1. The number of aryl methyl sites for hydroxylation is 2. The molecule has 0 aliphatic heterocycles. The molecule has 1 heterocycles. The summed E-state index contributed by atoms with van der Waals surface area (Å²) >= 11 is 0. The third-order valence-electron chi connectivity index (χ3n) is 2.62. The molecule has 17 heavy (non-hydrogen) atoms. The van der Waals surface area contributed by atoms with Crippen LogP contribution >= 0.6 is 0 Å². The fourth-order valence-electron chi connectivity index (χ4n) is 1.78. The van der Waals surface area contributed by atoms with Gasteiger partial charge in [0.05, 0.1) is 6.20 Å². The average Bonchev–Trinajstić information content (AvgIpc) is 2.32. The average molecular weight is 224 g/mol. The van der Waals surface area contributed by atoms with Gasteiger partial charge in [-0.25, -0.2) is 4.79 Å². The van der Waals surface area contributed by atoms with Crippen LogP contribution in [0.15, 0.2) is 41.7 Å². The van der Waals surface area contributed by atoms with Gasteiger partial charge in [0.25, 0.3) is 0 Å². The molecular formula is C14H12N2O. The van der Waals surface area contributed by atoms with Gasteiger partial charge in [-0.05, 0) is 25.0 Å². The number of isocyanates is 1. The van der Waals surface area contributed by atoms with E-state index in [2.05, 4.69) is 9.98 Å². The zero-order chi connectivity index (χ0) is 12.3. The number of pyridine rings is 1. The van der Waals surface area contributed by atoms with Gasteiger partial charge in [0, 0.05) is 11.8 Å². The fourth-order valence-corrected chi connectivity index (χ4v) is 1.78. The second-order valence-electron chi connectivity index (χ2n) is 3.92. The van der Waals surface area contributed by atoms with Crippen molar-refractivity contribution in [1.82, 2.24) is 4.98 Å². The number of benzene rings is 1. The molecule has 0 saturated heterocycles. The minimum atomic E-state index is 0.559. The molecule has 0 unspecified atom stereocenters. The van der Waals surface area contributed by atoms with Crippen LogP contribution in [0.3, 0.4) is 0 Å². The highest BCUT2D eigenvalue weighted by molar-refractivity contribution is 5.79. The summed E-state index contributed by atoms with van der Waals surface area (Å²) in [7, 11) is 0. The Labute approximate surface area is 99.9 Å². The van der Waals surface area contributed by atoms with Crippen molar-refractivity contribution < 1.29 is 4.79 Å². The lowest BCUT2D eigenvalue weighted by molar-refractivity contribution is 0.565. The van der Waals surface area contributed by atoms with E-state index in [1.165, 1.54) is 5.56 Å². The fraction of sp³-hybridized carbons (Fsp3) is 0.143. The van der Waals surface area contributed by atoms with E-state index in [4.69, 9.17) is 0 Å². The molecule has 0 spiro atoms. The van der Waals surface area contributed by atoms with Crippen molar-refractivity contribution in [2.45, 2.75) is 13.8 Å². The Morgan fingerprint density at radius 2 is 1.82 bits per heavy atom. The molecule has 0 saturated carbocycles. The van der Waals surface area contributed by atoms with Gasteiger partial charge in [-0.3, -0.25) is 4.98 Å². The van der Waals surface area contributed by atoms with Crippen molar-refractivity contribution in [3.8, 4) is 11.1 Å². The van der Waals surface area contributed by atoms with Crippen molar-refractivity contribution in [3.05, 3.63) is 47.8 Å². The zero-order valence-corrected chi connectivity index (χ0v) is 9.77. The smallest absolute Gasteiger partial charge is 0.240 e. The van der Waals surface area contributed by atoms with E-state index in [1.54, 1.807) is 18.5 Å². The van der Waals surface area contributed by atoms with Gasteiger partial charge >= 0.3 is 0 Å². The number of hydrogen-bond acceptors (Lipinski definition) is 3. The SMILES string of the molecule is Cc1ccc(-c2c(C)cncc2N=C=O)cc1. The molecule has 1 aromatic carbocycles. The van der Waals surface area contributed by atoms with E-state index >= 15 is 0 Å². The van der Waals surface area contributed by atoms with Gasteiger partial charge in [0.2, 0.25) is 6.08 Å². The normalized spacial score (nSPS) is 9.76. The summed E-state index contributed by atoms with van der Waals surface area (Å²) in [4.78, 5) is 18.1. The zero-order valence-electron chi connectivity index (χ0n) is 9.77. The molecule has 3 heteroatoms. The van der Waals surface area contributed by atoms with Gasteiger partial charge in [0.1, 0.15) is 5.69 Å². The number of hydrogen-bond donors (Lipinski definition) is 0. The Kier molecular flexibility index (Phi) is 3.12. The van der Waals surface area contributed by atoms with Crippen LogP contribution in [0.25, 0.3) is 11.1 Å². The van der Waals surface area contributed by atoms with Crippen LogP contribution < -0.4 is 0 Å². The molecule has 0 aliphatic rings. The number of aliphatic imine (C=N–C) groups is 1. The molecule has 0 N–H and O–H groups in total. The van der Waals surface area contributed by atoms with Crippen LogP contribution in [0.1, 0.15) is 11.1 Å². The van der Waals surface area contributed by atoms with Crippen molar-refractivity contribution in [1.29, 1.82) is 0 Å². The molecule has 3 nitrogen and oxygen atoms in total. The Balaban J connectivity index is 2.65. The Morgan fingerprint density at radius 3 is 2.47 bits per heavy atom. The van der Waals surface area contributed by atoms with Crippen LogP contribution in [0, 0.1) is 13.8 Å². The molecule has 0 bridgehead atoms. The van der Waals surface area contributed by atoms with Crippen molar-refractivity contribution in [2.75, 3.05) is 0 Å². The van der Waals surface area contributed by atoms with Gasteiger partial charge in [-0.2, -0.15) is 4.99 Å². The van der Waals surface area contributed by atoms with E-state index in [0.717, 1.165) is 16.7 Å². The van der Waals surface area contributed by atoms with Crippen LogP contribution in [-0.4, -0.2) is 11.1 Å². The van der Waals surface area contributed by atoms with E-state index < -0.39 is 0 Å². The number of aromatic nitrogens is 1. The predicted octanol–water partition coefficient (Wildman–Crippen LogP) is 3.33. The molecule has 0 amide bonds. The molecule has 84 valence electrons. The maximum Gasteiger partial charge on any atom is 0.240 e. The quantitative estimate of drug-likeness (QED) is 0.580. The van der Waals surface area contributed by atoms with E-state index in [1.807, 2.05) is 38.1 Å². The molecule has 1 aromatic heterocycles. The first-order chi connectivity index (χ1) is 8.22. The highest BCUT2D eigenvalue weighted by atomic mass is 16.1. The summed E-state index contributed by atoms with van der Waals surface area (Å²) in [5.74, 6) is 0. The van der Waals surface area contributed by atoms with E-state index in [9.17, 15) is 4.79 Å². The molecular weight excluding hydrogens is 212 g/mol. The summed E-state index contributed by atoms with van der Waals surface area (Å²) < 4.78 is 0. The van der Waals surface area contributed by atoms with Crippen molar-refractivity contribution in [3.63, 3.8) is 0 Å². The van der Waals surface area contributed by atoms with Crippen LogP contribution in [0.4, 0.5) is 5.69 Å². The lowest BCUT2D eigenvalue weighted by atomic mass is 10.00. The van der Waals surface area contributed by atoms with Crippen molar-refractivity contribution >= 4 is 11.8 Å². The first-order valence-electron chi connectivity index (χ1n) is 5.32. The summed E-state index contributed by atoms with van der Waals surface area (Å²) in [6.07, 6.45) is 4.91. The molecule has 0 atom stereocenters. The second kappa shape index (κ2) is 4.73. The molecule has 0 radical (unpaired) electrons. The van der Waals surface area contributed by atoms with Crippen LogP contribution in [0.2, 0.25) is 0 Å².